The molecule has 0 saturated heterocycles. The van der Waals surface area contributed by atoms with Gasteiger partial charge in [0.15, 0.2) is 0 Å². The van der Waals surface area contributed by atoms with E-state index in [9.17, 15) is 4.79 Å². The fraction of sp³-hybridized carbons (Fsp3) is 0.250. The molecule has 0 unspecified atom stereocenters. The van der Waals surface area contributed by atoms with Gasteiger partial charge in [0.2, 0.25) is 0 Å². The third kappa shape index (κ3) is 2.96. The van der Waals surface area contributed by atoms with E-state index in [2.05, 4.69) is 4.98 Å². The molecule has 0 fully saturated rings. The zero-order valence-electron chi connectivity index (χ0n) is 11.0. The molecule has 0 saturated carbocycles. The minimum Gasteiger partial charge on any atom is -0.481 e. The molecule has 1 aliphatic rings. The number of carboxylic acids is 1. The van der Waals surface area contributed by atoms with Crippen molar-refractivity contribution in [1.82, 2.24) is 4.98 Å². The molecule has 0 bridgehead atoms. The first kappa shape index (κ1) is 13.1. The van der Waals surface area contributed by atoms with Gasteiger partial charge in [-0.1, -0.05) is 30.3 Å². The molecule has 2 aromatic rings. The normalized spacial score (nSPS) is 13.8. The van der Waals surface area contributed by atoms with Crippen molar-refractivity contribution in [2.24, 2.45) is 0 Å². The number of hydrogen-bond donors (Lipinski definition) is 1. The summed E-state index contributed by atoms with van der Waals surface area (Å²) in [6, 6.07) is 7.61. The van der Waals surface area contributed by atoms with Gasteiger partial charge in [-0.3, -0.25) is 4.79 Å². The lowest BCUT2D eigenvalue weighted by Gasteiger charge is -1.98. The zero-order chi connectivity index (χ0) is 13.9. The van der Waals surface area contributed by atoms with Crippen LogP contribution in [-0.4, -0.2) is 16.1 Å². The smallest absolute Gasteiger partial charge is 0.307 e. The largest absolute Gasteiger partial charge is 0.481 e. The number of carboxylic acid groups (broad SMARTS) is 1. The first-order valence-electron chi connectivity index (χ1n) is 6.68. The van der Waals surface area contributed by atoms with Crippen LogP contribution in [0.25, 0.3) is 12.2 Å². The van der Waals surface area contributed by atoms with E-state index in [0.717, 1.165) is 29.0 Å². The van der Waals surface area contributed by atoms with Crippen LogP contribution in [0.2, 0.25) is 0 Å². The van der Waals surface area contributed by atoms with E-state index in [1.54, 1.807) is 11.3 Å². The minimum absolute atomic E-state index is 0.0627. The quantitative estimate of drug-likeness (QED) is 0.936. The summed E-state index contributed by atoms with van der Waals surface area (Å²) in [6.45, 7) is 0. The maximum atomic E-state index is 10.7. The SMILES string of the molecule is O=C(O)Cc1cccc(/C=C/c2nc3c(s2)CCC3)c1. The Labute approximate surface area is 121 Å². The van der Waals surface area contributed by atoms with Gasteiger partial charge in [0, 0.05) is 4.88 Å². The molecule has 0 amide bonds. The van der Waals surface area contributed by atoms with E-state index in [1.165, 1.54) is 17.0 Å². The number of nitrogens with zero attached hydrogens (tertiary/aromatic N) is 1. The van der Waals surface area contributed by atoms with Gasteiger partial charge >= 0.3 is 5.97 Å². The van der Waals surface area contributed by atoms with Crippen LogP contribution < -0.4 is 0 Å². The molecule has 1 N–H and O–H groups in total. The van der Waals surface area contributed by atoms with E-state index in [-0.39, 0.29) is 6.42 Å². The fourth-order valence-electron chi connectivity index (χ4n) is 2.43. The average molecular weight is 285 g/mol. The highest BCUT2D eigenvalue weighted by Crippen LogP contribution is 2.28. The lowest BCUT2D eigenvalue weighted by molar-refractivity contribution is -0.136. The predicted molar refractivity (Wildman–Crippen MR) is 80.8 cm³/mol. The number of aryl methyl sites for hydroxylation is 2. The zero-order valence-corrected chi connectivity index (χ0v) is 11.8. The summed E-state index contributed by atoms with van der Waals surface area (Å²) in [7, 11) is 0. The van der Waals surface area contributed by atoms with E-state index < -0.39 is 5.97 Å². The van der Waals surface area contributed by atoms with Crippen molar-refractivity contribution in [3.05, 3.63) is 51.0 Å². The summed E-state index contributed by atoms with van der Waals surface area (Å²) in [5.74, 6) is -0.803. The molecule has 20 heavy (non-hydrogen) atoms. The molecular weight excluding hydrogens is 270 g/mol. The third-order valence-electron chi connectivity index (χ3n) is 3.34. The number of hydrogen-bond acceptors (Lipinski definition) is 3. The monoisotopic (exact) mass is 285 g/mol. The van der Waals surface area contributed by atoms with Gasteiger partial charge in [-0.15, -0.1) is 11.3 Å². The molecule has 1 heterocycles. The number of carbonyl (C=O) groups is 1. The van der Waals surface area contributed by atoms with Gasteiger partial charge in [-0.2, -0.15) is 0 Å². The van der Waals surface area contributed by atoms with E-state index in [0.29, 0.717) is 0 Å². The van der Waals surface area contributed by atoms with E-state index in [1.807, 2.05) is 36.4 Å². The molecule has 3 rings (SSSR count). The lowest BCUT2D eigenvalue weighted by atomic mass is 10.1. The predicted octanol–water partition coefficient (Wildman–Crippen LogP) is 3.43. The number of rotatable bonds is 4. The fourth-order valence-corrected chi connectivity index (χ4v) is 3.49. The van der Waals surface area contributed by atoms with Crippen molar-refractivity contribution >= 4 is 29.5 Å². The third-order valence-corrected chi connectivity index (χ3v) is 4.46. The molecule has 0 aliphatic heterocycles. The van der Waals surface area contributed by atoms with Gasteiger partial charge in [0.1, 0.15) is 5.01 Å². The molecule has 1 aliphatic carbocycles. The Morgan fingerprint density at radius 2 is 2.25 bits per heavy atom. The molecule has 102 valence electrons. The summed E-state index contributed by atoms with van der Waals surface area (Å²) in [4.78, 5) is 16.7. The van der Waals surface area contributed by atoms with Crippen molar-refractivity contribution in [2.45, 2.75) is 25.7 Å². The van der Waals surface area contributed by atoms with E-state index in [4.69, 9.17) is 5.11 Å². The van der Waals surface area contributed by atoms with Crippen molar-refractivity contribution in [3.63, 3.8) is 0 Å². The lowest BCUT2D eigenvalue weighted by Crippen LogP contribution is -1.99. The van der Waals surface area contributed by atoms with Crippen molar-refractivity contribution < 1.29 is 9.90 Å². The number of fused-ring (bicyclic) bond motifs is 1. The Morgan fingerprint density at radius 1 is 1.35 bits per heavy atom. The second-order valence-corrected chi connectivity index (χ2v) is 6.04. The maximum absolute atomic E-state index is 10.7. The Bertz CT molecular complexity index is 651. The highest BCUT2D eigenvalue weighted by molar-refractivity contribution is 7.12. The molecule has 3 nitrogen and oxygen atoms in total. The number of thiazole rings is 1. The number of aliphatic carboxylic acids is 1. The van der Waals surface area contributed by atoms with Crippen LogP contribution in [0.5, 0.6) is 0 Å². The molecule has 0 radical (unpaired) electrons. The first-order valence-corrected chi connectivity index (χ1v) is 7.50. The Kier molecular flexibility index (Phi) is 3.65. The molecule has 0 spiro atoms. The summed E-state index contributed by atoms with van der Waals surface area (Å²) < 4.78 is 0. The standard InChI is InChI=1S/C16H15NO2S/c18-16(19)10-12-4-1-3-11(9-12)7-8-15-17-13-5-2-6-14(13)20-15/h1,3-4,7-9H,2,5-6,10H2,(H,18,19)/b8-7+. The van der Waals surface area contributed by atoms with Crippen LogP contribution in [0.3, 0.4) is 0 Å². The molecule has 1 aromatic heterocycles. The second-order valence-electron chi connectivity index (χ2n) is 4.92. The van der Waals surface area contributed by atoms with Gasteiger partial charge in [-0.05, 0) is 36.5 Å². The molecule has 0 atom stereocenters. The van der Waals surface area contributed by atoms with E-state index >= 15 is 0 Å². The highest BCUT2D eigenvalue weighted by Gasteiger charge is 2.15. The Balaban J connectivity index is 1.76. The van der Waals surface area contributed by atoms with Crippen molar-refractivity contribution in [2.75, 3.05) is 0 Å². The number of benzene rings is 1. The van der Waals surface area contributed by atoms with Crippen LogP contribution >= 0.6 is 11.3 Å². The second kappa shape index (κ2) is 5.59. The van der Waals surface area contributed by atoms with Crippen LogP contribution in [0.4, 0.5) is 0 Å². The topological polar surface area (TPSA) is 50.2 Å². The summed E-state index contributed by atoms with van der Waals surface area (Å²) >= 11 is 1.76. The van der Waals surface area contributed by atoms with Crippen LogP contribution in [0, 0.1) is 0 Å². The Hall–Kier alpha value is -1.94. The van der Waals surface area contributed by atoms with Crippen LogP contribution in [-0.2, 0) is 24.1 Å². The summed E-state index contributed by atoms with van der Waals surface area (Å²) in [5, 5.41) is 9.85. The minimum atomic E-state index is -0.803. The molecule has 4 heteroatoms. The first-order chi connectivity index (χ1) is 9.70. The van der Waals surface area contributed by atoms with Crippen molar-refractivity contribution in [1.29, 1.82) is 0 Å². The van der Waals surface area contributed by atoms with Gasteiger partial charge in [0.25, 0.3) is 0 Å². The average Bonchev–Trinajstić information content (AvgIpc) is 2.96. The van der Waals surface area contributed by atoms with Crippen LogP contribution in [0.1, 0.15) is 33.1 Å². The maximum Gasteiger partial charge on any atom is 0.307 e. The van der Waals surface area contributed by atoms with Gasteiger partial charge in [-0.25, -0.2) is 4.98 Å². The van der Waals surface area contributed by atoms with Crippen molar-refractivity contribution in [3.8, 4) is 0 Å². The Morgan fingerprint density at radius 3 is 3.05 bits per heavy atom. The highest BCUT2D eigenvalue weighted by atomic mass is 32.1. The van der Waals surface area contributed by atoms with Gasteiger partial charge in [0.05, 0.1) is 12.1 Å². The summed E-state index contributed by atoms with van der Waals surface area (Å²) in [5.41, 5.74) is 3.09. The molecule has 1 aromatic carbocycles. The van der Waals surface area contributed by atoms with Crippen LogP contribution in [0.15, 0.2) is 24.3 Å². The number of aromatic nitrogens is 1. The summed E-state index contributed by atoms with van der Waals surface area (Å²) in [6.07, 6.45) is 7.58. The van der Waals surface area contributed by atoms with Gasteiger partial charge < -0.3 is 5.11 Å². The molecular formula is C16H15NO2S.